The highest BCUT2D eigenvalue weighted by molar-refractivity contribution is 9.10. The molecular formula is C15H22BrFN2. The minimum absolute atomic E-state index is 0.204. The summed E-state index contributed by atoms with van der Waals surface area (Å²) >= 11 is 3.41. The molecule has 1 aliphatic heterocycles. The molecule has 0 atom stereocenters. The molecule has 1 N–H and O–H groups in total. The highest BCUT2D eigenvalue weighted by Crippen LogP contribution is 2.25. The van der Waals surface area contributed by atoms with Crippen LogP contribution in [0.1, 0.15) is 26.7 Å². The van der Waals surface area contributed by atoms with Crippen LogP contribution in [0.3, 0.4) is 0 Å². The van der Waals surface area contributed by atoms with Gasteiger partial charge in [-0.1, -0.05) is 13.8 Å². The van der Waals surface area contributed by atoms with Gasteiger partial charge in [0, 0.05) is 35.8 Å². The normalized spacial score (nSPS) is 17.9. The second-order valence-electron chi connectivity index (χ2n) is 5.74. The molecule has 0 saturated carbocycles. The topological polar surface area (TPSA) is 15.3 Å². The third kappa shape index (κ3) is 4.46. The van der Waals surface area contributed by atoms with E-state index in [9.17, 15) is 4.39 Å². The predicted octanol–water partition coefficient (Wildman–Crippen LogP) is 4.12. The molecule has 1 heterocycles. The maximum Gasteiger partial charge on any atom is 0.124 e. The number of likely N-dealkylation sites (tertiary alicyclic amines) is 1. The first kappa shape index (κ1) is 14.8. The summed E-state index contributed by atoms with van der Waals surface area (Å²) in [4.78, 5) is 2.53. The van der Waals surface area contributed by atoms with Gasteiger partial charge >= 0.3 is 0 Å². The van der Waals surface area contributed by atoms with Gasteiger partial charge in [0.1, 0.15) is 5.82 Å². The standard InChI is InChI=1S/C15H22BrFN2/c1-11(2)10-19-7-5-13(6-8-19)18-15-4-3-12(17)9-14(15)16/h3-4,9,11,13,18H,5-8,10H2,1-2H3. The van der Waals surface area contributed by atoms with Gasteiger partial charge in [-0.3, -0.25) is 0 Å². The molecule has 0 bridgehead atoms. The van der Waals surface area contributed by atoms with Gasteiger partial charge in [-0.15, -0.1) is 0 Å². The number of hydrogen-bond acceptors (Lipinski definition) is 2. The van der Waals surface area contributed by atoms with E-state index in [-0.39, 0.29) is 5.82 Å². The summed E-state index contributed by atoms with van der Waals surface area (Å²) in [6.45, 7) is 8.01. The number of piperidine rings is 1. The molecule has 1 aromatic carbocycles. The SMILES string of the molecule is CC(C)CN1CCC(Nc2ccc(F)cc2Br)CC1. The van der Waals surface area contributed by atoms with Gasteiger partial charge in [-0.05, 0) is 52.9 Å². The molecule has 0 aromatic heterocycles. The van der Waals surface area contributed by atoms with Crippen LogP contribution >= 0.6 is 15.9 Å². The van der Waals surface area contributed by atoms with Crippen molar-refractivity contribution in [3.63, 3.8) is 0 Å². The van der Waals surface area contributed by atoms with E-state index in [0.29, 0.717) is 6.04 Å². The predicted molar refractivity (Wildman–Crippen MR) is 82.0 cm³/mol. The zero-order valence-electron chi connectivity index (χ0n) is 11.6. The van der Waals surface area contributed by atoms with Gasteiger partial charge in [0.2, 0.25) is 0 Å². The minimum atomic E-state index is -0.204. The van der Waals surface area contributed by atoms with Crippen LogP contribution in [0.2, 0.25) is 0 Å². The lowest BCUT2D eigenvalue weighted by molar-refractivity contribution is 0.198. The van der Waals surface area contributed by atoms with Gasteiger partial charge < -0.3 is 10.2 Å². The smallest absolute Gasteiger partial charge is 0.124 e. The largest absolute Gasteiger partial charge is 0.381 e. The summed E-state index contributed by atoms with van der Waals surface area (Å²) in [6, 6.07) is 5.31. The number of benzene rings is 1. The number of rotatable bonds is 4. The van der Waals surface area contributed by atoms with E-state index in [1.165, 1.54) is 18.7 Å². The monoisotopic (exact) mass is 328 g/mol. The van der Waals surface area contributed by atoms with Gasteiger partial charge in [-0.25, -0.2) is 4.39 Å². The Morgan fingerprint density at radius 2 is 2.05 bits per heavy atom. The third-order valence-corrected chi connectivity index (χ3v) is 4.16. The number of anilines is 1. The van der Waals surface area contributed by atoms with Crippen LogP contribution in [0.4, 0.5) is 10.1 Å². The first-order valence-electron chi connectivity index (χ1n) is 6.98. The van der Waals surface area contributed by atoms with Crippen molar-refractivity contribution in [3.8, 4) is 0 Å². The summed E-state index contributed by atoms with van der Waals surface area (Å²) in [5, 5.41) is 3.51. The quantitative estimate of drug-likeness (QED) is 0.894. The lowest BCUT2D eigenvalue weighted by Gasteiger charge is -2.33. The Kier molecular flexibility index (Phi) is 5.22. The van der Waals surface area contributed by atoms with Crippen molar-refractivity contribution in [1.82, 2.24) is 4.90 Å². The van der Waals surface area contributed by atoms with Crippen LogP contribution in [0.25, 0.3) is 0 Å². The van der Waals surface area contributed by atoms with Crippen LogP contribution in [-0.4, -0.2) is 30.6 Å². The summed E-state index contributed by atoms with van der Waals surface area (Å²) in [5.74, 6) is 0.528. The Morgan fingerprint density at radius 3 is 2.63 bits per heavy atom. The van der Waals surface area contributed by atoms with Gasteiger partial charge in [-0.2, -0.15) is 0 Å². The van der Waals surface area contributed by atoms with E-state index >= 15 is 0 Å². The zero-order chi connectivity index (χ0) is 13.8. The Bertz CT molecular complexity index is 415. The average Bonchev–Trinajstić information content (AvgIpc) is 2.34. The van der Waals surface area contributed by atoms with Crippen molar-refractivity contribution in [1.29, 1.82) is 0 Å². The van der Waals surface area contributed by atoms with Crippen LogP contribution in [0.5, 0.6) is 0 Å². The molecule has 1 saturated heterocycles. The second kappa shape index (κ2) is 6.71. The fourth-order valence-corrected chi connectivity index (χ4v) is 3.07. The van der Waals surface area contributed by atoms with Crippen molar-refractivity contribution in [3.05, 3.63) is 28.5 Å². The average molecular weight is 329 g/mol. The molecule has 2 rings (SSSR count). The molecule has 1 aliphatic rings. The zero-order valence-corrected chi connectivity index (χ0v) is 13.2. The van der Waals surface area contributed by atoms with Crippen molar-refractivity contribution < 1.29 is 4.39 Å². The molecule has 0 unspecified atom stereocenters. The maximum absolute atomic E-state index is 13.0. The molecule has 2 nitrogen and oxygen atoms in total. The molecule has 1 fully saturated rings. The highest BCUT2D eigenvalue weighted by atomic mass is 79.9. The molecule has 4 heteroatoms. The number of nitrogens with zero attached hydrogens (tertiary/aromatic N) is 1. The van der Waals surface area contributed by atoms with Crippen molar-refractivity contribution in [2.24, 2.45) is 5.92 Å². The maximum atomic E-state index is 13.0. The van der Waals surface area contributed by atoms with Gasteiger partial charge in [0.25, 0.3) is 0 Å². The van der Waals surface area contributed by atoms with Crippen LogP contribution in [-0.2, 0) is 0 Å². The van der Waals surface area contributed by atoms with E-state index in [1.54, 1.807) is 6.07 Å². The fraction of sp³-hybridized carbons (Fsp3) is 0.600. The number of hydrogen-bond donors (Lipinski definition) is 1. The molecule has 0 amide bonds. The molecular weight excluding hydrogens is 307 g/mol. The molecule has 0 aliphatic carbocycles. The second-order valence-corrected chi connectivity index (χ2v) is 6.59. The number of nitrogens with one attached hydrogen (secondary N) is 1. The summed E-state index contributed by atoms with van der Waals surface area (Å²) in [6.07, 6.45) is 2.30. The highest BCUT2D eigenvalue weighted by Gasteiger charge is 2.19. The molecule has 0 spiro atoms. The molecule has 106 valence electrons. The molecule has 1 aromatic rings. The minimum Gasteiger partial charge on any atom is -0.381 e. The molecule has 19 heavy (non-hydrogen) atoms. The lowest BCUT2D eigenvalue weighted by atomic mass is 10.0. The van der Waals surface area contributed by atoms with Crippen molar-refractivity contribution in [2.75, 3.05) is 25.0 Å². The lowest BCUT2D eigenvalue weighted by Crippen LogP contribution is -2.40. The van der Waals surface area contributed by atoms with E-state index in [4.69, 9.17) is 0 Å². The first-order valence-corrected chi connectivity index (χ1v) is 7.78. The summed E-state index contributed by atoms with van der Waals surface area (Å²) < 4.78 is 13.8. The van der Waals surface area contributed by atoms with Crippen molar-refractivity contribution in [2.45, 2.75) is 32.7 Å². The van der Waals surface area contributed by atoms with E-state index in [2.05, 4.69) is 40.0 Å². The van der Waals surface area contributed by atoms with Crippen LogP contribution in [0.15, 0.2) is 22.7 Å². The van der Waals surface area contributed by atoms with Crippen molar-refractivity contribution >= 4 is 21.6 Å². The fourth-order valence-electron chi connectivity index (χ4n) is 2.60. The van der Waals surface area contributed by atoms with Crippen LogP contribution in [0, 0.1) is 11.7 Å². The van der Waals surface area contributed by atoms with Gasteiger partial charge in [0.15, 0.2) is 0 Å². The summed E-state index contributed by atoms with van der Waals surface area (Å²) in [7, 11) is 0. The Hall–Kier alpha value is -0.610. The van der Waals surface area contributed by atoms with E-state index in [0.717, 1.165) is 42.0 Å². The van der Waals surface area contributed by atoms with E-state index < -0.39 is 0 Å². The van der Waals surface area contributed by atoms with E-state index in [1.807, 2.05) is 0 Å². The third-order valence-electron chi connectivity index (χ3n) is 3.50. The first-order chi connectivity index (χ1) is 9.04. The molecule has 0 radical (unpaired) electrons. The summed E-state index contributed by atoms with van der Waals surface area (Å²) in [5.41, 5.74) is 0.990. The van der Waals surface area contributed by atoms with Gasteiger partial charge in [0.05, 0.1) is 0 Å². The number of halogens is 2. The Labute approximate surface area is 123 Å². The Balaban J connectivity index is 1.85. The van der Waals surface area contributed by atoms with Crippen LogP contribution < -0.4 is 5.32 Å². The Morgan fingerprint density at radius 1 is 1.37 bits per heavy atom.